The minimum absolute atomic E-state index is 0.0105. The normalized spacial score (nSPS) is 17.1. The van der Waals surface area contributed by atoms with E-state index in [1.807, 2.05) is 18.4 Å². The molecule has 1 N–H and O–H groups in total. The second-order valence-electron chi connectivity index (χ2n) is 5.94. The van der Waals surface area contributed by atoms with Gasteiger partial charge in [-0.2, -0.15) is 0 Å². The molecule has 3 rings (SSSR count). The lowest BCUT2D eigenvalue weighted by atomic mass is 10.2. The highest BCUT2D eigenvalue weighted by Crippen LogP contribution is 2.26. The average molecular weight is 397 g/mol. The van der Waals surface area contributed by atoms with Crippen LogP contribution in [0.1, 0.15) is 17.8 Å². The number of thiophene rings is 1. The molecule has 2 aromatic rings. The summed E-state index contributed by atoms with van der Waals surface area (Å²) in [7, 11) is -3.58. The predicted octanol–water partition coefficient (Wildman–Crippen LogP) is 2.50. The standard InChI is InChI=1S/C18H24N2O4S2/c1-2-24-15-5-7-16(8-6-15)26(21,22)19-14-17(18-4-3-13-25-18)20-9-11-23-12-10-20/h3-8,13,17,19H,2,9-12,14H2,1H3. The second-order valence-corrected chi connectivity index (χ2v) is 8.68. The molecular weight excluding hydrogens is 372 g/mol. The van der Waals surface area contributed by atoms with E-state index in [2.05, 4.69) is 15.7 Å². The lowest BCUT2D eigenvalue weighted by Gasteiger charge is -2.34. The van der Waals surface area contributed by atoms with Gasteiger partial charge in [-0.05, 0) is 42.6 Å². The van der Waals surface area contributed by atoms with Gasteiger partial charge in [-0.1, -0.05) is 6.07 Å². The van der Waals surface area contributed by atoms with Crippen LogP contribution < -0.4 is 9.46 Å². The Balaban J connectivity index is 1.70. The summed E-state index contributed by atoms with van der Waals surface area (Å²) in [5, 5.41) is 2.02. The van der Waals surface area contributed by atoms with E-state index in [1.54, 1.807) is 35.6 Å². The number of hydrogen-bond acceptors (Lipinski definition) is 6. The van der Waals surface area contributed by atoms with Crippen LogP contribution in [0.3, 0.4) is 0 Å². The summed E-state index contributed by atoms with van der Waals surface area (Å²) < 4.78 is 38.9. The molecule has 0 aliphatic carbocycles. The Morgan fingerprint density at radius 2 is 1.96 bits per heavy atom. The molecule has 1 atom stereocenters. The maximum atomic E-state index is 12.7. The minimum atomic E-state index is -3.58. The fourth-order valence-electron chi connectivity index (χ4n) is 2.93. The molecule has 8 heteroatoms. The van der Waals surface area contributed by atoms with Gasteiger partial charge in [-0.15, -0.1) is 11.3 Å². The maximum Gasteiger partial charge on any atom is 0.240 e. The van der Waals surface area contributed by atoms with Gasteiger partial charge in [0.1, 0.15) is 5.75 Å². The van der Waals surface area contributed by atoms with Gasteiger partial charge in [0.25, 0.3) is 0 Å². The van der Waals surface area contributed by atoms with Crippen molar-refractivity contribution in [2.45, 2.75) is 17.9 Å². The number of benzene rings is 1. The zero-order chi connectivity index (χ0) is 18.4. The SMILES string of the molecule is CCOc1ccc(S(=O)(=O)NCC(c2cccs2)N2CCOCC2)cc1. The summed E-state index contributed by atoms with van der Waals surface area (Å²) in [4.78, 5) is 3.67. The van der Waals surface area contributed by atoms with Crippen LogP contribution in [-0.4, -0.2) is 52.8 Å². The molecule has 142 valence electrons. The Morgan fingerprint density at radius 3 is 2.58 bits per heavy atom. The molecule has 1 fully saturated rings. The van der Waals surface area contributed by atoms with Crippen molar-refractivity contribution >= 4 is 21.4 Å². The second kappa shape index (κ2) is 8.96. The number of morpholine rings is 1. The van der Waals surface area contributed by atoms with Crippen molar-refractivity contribution in [3.05, 3.63) is 46.7 Å². The summed E-state index contributed by atoms with van der Waals surface area (Å²) >= 11 is 1.64. The molecule has 26 heavy (non-hydrogen) atoms. The number of sulfonamides is 1. The number of hydrogen-bond donors (Lipinski definition) is 1. The van der Waals surface area contributed by atoms with Gasteiger partial charge < -0.3 is 9.47 Å². The van der Waals surface area contributed by atoms with Crippen molar-refractivity contribution in [1.29, 1.82) is 0 Å². The largest absolute Gasteiger partial charge is 0.494 e. The number of rotatable bonds is 8. The molecule has 6 nitrogen and oxygen atoms in total. The molecule has 0 saturated carbocycles. The van der Waals surface area contributed by atoms with Crippen LogP contribution in [-0.2, 0) is 14.8 Å². The van der Waals surface area contributed by atoms with Gasteiger partial charge in [0.05, 0.1) is 30.8 Å². The predicted molar refractivity (Wildman–Crippen MR) is 102 cm³/mol. The molecule has 1 saturated heterocycles. The Bertz CT molecular complexity index is 770. The molecule has 0 radical (unpaired) electrons. The van der Waals surface area contributed by atoms with Gasteiger partial charge >= 0.3 is 0 Å². The Morgan fingerprint density at radius 1 is 1.23 bits per heavy atom. The monoisotopic (exact) mass is 396 g/mol. The van der Waals surface area contributed by atoms with Crippen LogP contribution in [0.5, 0.6) is 5.75 Å². The average Bonchev–Trinajstić information content (AvgIpc) is 3.18. The minimum Gasteiger partial charge on any atom is -0.494 e. The van der Waals surface area contributed by atoms with Crippen molar-refractivity contribution in [3.8, 4) is 5.75 Å². The third kappa shape index (κ3) is 4.83. The molecule has 1 unspecified atom stereocenters. The number of nitrogens with zero attached hydrogens (tertiary/aromatic N) is 1. The summed E-state index contributed by atoms with van der Waals surface area (Å²) in [6, 6.07) is 10.6. The van der Waals surface area contributed by atoms with Crippen LogP contribution in [0.2, 0.25) is 0 Å². The van der Waals surface area contributed by atoms with Crippen molar-refractivity contribution in [2.75, 3.05) is 39.5 Å². The molecule has 1 aliphatic rings. The van der Waals surface area contributed by atoms with E-state index in [0.29, 0.717) is 32.1 Å². The Labute approximate surface area is 158 Å². The van der Waals surface area contributed by atoms with Crippen molar-refractivity contribution in [2.24, 2.45) is 0 Å². The van der Waals surface area contributed by atoms with Crippen LogP contribution in [0.25, 0.3) is 0 Å². The van der Waals surface area contributed by atoms with Crippen molar-refractivity contribution in [3.63, 3.8) is 0 Å². The first-order valence-corrected chi connectivity index (χ1v) is 11.0. The smallest absolute Gasteiger partial charge is 0.240 e. The van der Waals surface area contributed by atoms with Crippen molar-refractivity contribution < 1.29 is 17.9 Å². The molecule has 0 spiro atoms. The Kier molecular flexibility index (Phi) is 6.66. The molecule has 0 bridgehead atoms. The van der Waals surface area contributed by atoms with Gasteiger partial charge in [0.15, 0.2) is 0 Å². The van der Waals surface area contributed by atoms with Gasteiger partial charge in [-0.25, -0.2) is 13.1 Å². The summed E-state index contributed by atoms with van der Waals surface area (Å²) in [6.45, 7) is 5.72. The Hall–Kier alpha value is -1.45. The van der Waals surface area contributed by atoms with E-state index >= 15 is 0 Å². The van der Waals surface area contributed by atoms with E-state index in [1.165, 1.54) is 0 Å². The van der Waals surface area contributed by atoms with E-state index in [9.17, 15) is 8.42 Å². The highest BCUT2D eigenvalue weighted by Gasteiger charge is 2.25. The molecule has 1 aromatic carbocycles. The molecule has 1 aliphatic heterocycles. The quantitative estimate of drug-likeness (QED) is 0.743. The zero-order valence-corrected chi connectivity index (χ0v) is 16.4. The summed E-state index contributed by atoms with van der Waals surface area (Å²) in [6.07, 6.45) is 0. The van der Waals surface area contributed by atoms with Crippen LogP contribution in [0.4, 0.5) is 0 Å². The zero-order valence-electron chi connectivity index (χ0n) is 14.8. The van der Waals surface area contributed by atoms with E-state index in [4.69, 9.17) is 9.47 Å². The fourth-order valence-corrected chi connectivity index (χ4v) is 4.83. The van der Waals surface area contributed by atoms with Crippen LogP contribution in [0.15, 0.2) is 46.7 Å². The fraction of sp³-hybridized carbons (Fsp3) is 0.444. The topological polar surface area (TPSA) is 67.9 Å². The lowest BCUT2D eigenvalue weighted by molar-refractivity contribution is 0.0179. The van der Waals surface area contributed by atoms with E-state index in [-0.39, 0.29) is 10.9 Å². The van der Waals surface area contributed by atoms with Gasteiger partial charge in [0, 0.05) is 24.5 Å². The number of ether oxygens (including phenoxy) is 2. The van der Waals surface area contributed by atoms with Gasteiger partial charge in [-0.3, -0.25) is 4.90 Å². The third-order valence-corrected chi connectivity index (χ3v) is 6.68. The molecule has 1 aromatic heterocycles. The first-order chi connectivity index (χ1) is 12.6. The molecular formula is C18H24N2O4S2. The van der Waals surface area contributed by atoms with Crippen LogP contribution in [0, 0.1) is 0 Å². The van der Waals surface area contributed by atoms with Crippen LogP contribution >= 0.6 is 11.3 Å². The highest BCUT2D eigenvalue weighted by atomic mass is 32.2. The summed E-state index contributed by atoms with van der Waals surface area (Å²) in [5.41, 5.74) is 0. The van der Waals surface area contributed by atoms with Crippen molar-refractivity contribution in [1.82, 2.24) is 9.62 Å². The van der Waals surface area contributed by atoms with E-state index < -0.39 is 10.0 Å². The number of nitrogens with one attached hydrogen (secondary N) is 1. The lowest BCUT2D eigenvalue weighted by Crippen LogP contribution is -2.43. The molecule has 0 amide bonds. The highest BCUT2D eigenvalue weighted by molar-refractivity contribution is 7.89. The van der Waals surface area contributed by atoms with Gasteiger partial charge in [0.2, 0.25) is 10.0 Å². The maximum absolute atomic E-state index is 12.7. The summed E-state index contributed by atoms with van der Waals surface area (Å²) in [5.74, 6) is 0.663. The first kappa shape index (κ1) is 19.3. The molecule has 2 heterocycles. The third-order valence-electron chi connectivity index (χ3n) is 4.27. The van der Waals surface area contributed by atoms with E-state index in [0.717, 1.165) is 18.0 Å². The first-order valence-electron chi connectivity index (χ1n) is 8.68.